The maximum atomic E-state index is 8.35. The quantitative estimate of drug-likeness (QED) is 0.441. The van der Waals surface area contributed by atoms with Crippen molar-refractivity contribution < 1.29 is 5.21 Å². The van der Waals surface area contributed by atoms with E-state index in [4.69, 9.17) is 16.8 Å². The summed E-state index contributed by atoms with van der Waals surface area (Å²) in [5.74, 6) is 0.375. The van der Waals surface area contributed by atoms with Crippen molar-refractivity contribution in [1.82, 2.24) is 0 Å². The first-order chi connectivity index (χ1) is 6.15. The zero-order valence-corrected chi connectivity index (χ0v) is 8.42. The fourth-order valence-corrected chi connectivity index (χ4v) is 1.49. The zero-order valence-electron chi connectivity index (χ0n) is 7.66. The van der Waals surface area contributed by atoms with Crippen molar-refractivity contribution in [3.63, 3.8) is 0 Å². The van der Waals surface area contributed by atoms with Crippen LogP contribution in [0.15, 0.2) is 23.4 Å². The molecule has 0 atom stereocenters. The van der Waals surface area contributed by atoms with Crippen LogP contribution in [0.25, 0.3) is 0 Å². The Hall–Kier alpha value is -1.02. The second-order valence-corrected chi connectivity index (χ2v) is 3.59. The topological polar surface area (TPSA) is 32.6 Å². The summed E-state index contributed by atoms with van der Waals surface area (Å²) in [5.41, 5.74) is 1.93. The van der Waals surface area contributed by atoms with E-state index in [1.165, 1.54) is 6.21 Å². The van der Waals surface area contributed by atoms with E-state index in [-0.39, 0.29) is 0 Å². The molecule has 70 valence electrons. The van der Waals surface area contributed by atoms with E-state index in [1.807, 2.05) is 18.2 Å². The fraction of sp³-hybridized carbons (Fsp3) is 0.300. The van der Waals surface area contributed by atoms with Gasteiger partial charge >= 0.3 is 0 Å². The van der Waals surface area contributed by atoms with Crippen LogP contribution in [-0.2, 0) is 0 Å². The van der Waals surface area contributed by atoms with Gasteiger partial charge in [-0.2, -0.15) is 0 Å². The van der Waals surface area contributed by atoms with Gasteiger partial charge in [-0.05, 0) is 29.2 Å². The van der Waals surface area contributed by atoms with Crippen molar-refractivity contribution >= 4 is 17.8 Å². The lowest BCUT2D eigenvalue weighted by molar-refractivity contribution is 0.322. The summed E-state index contributed by atoms with van der Waals surface area (Å²) in [6, 6.07) is 5.55. The second-order valence-electron chi connectivity index (χ2n) is 3.18. The predicted octanol–water partition coefficient (Wildman–Crippen LogP) is 3.27. The van der Waals surface area contributed by atoms with Gasteiger partial charge in [0.15, 0.2) is 0 Å². The SMILES string of the molecule is CC(C)c1cc(C=NO)ccc1Cl. The highest BCUT2D eigenvalue weighted by Crippen LogP contribution is 2.24. The van der Waals surface area contributed by atoms with Gasteiger partial charge in [-0.25, -0.2) is 0 Å². The van der Waals surface area contributed by atoms with Crippen LogP contribution in [-0.4, -0.2) is 11.4 Å². The zero-order chi connectivity index (χ0) is 9.84. The molecule has 0 saturated heterocycles. The molecule has 1 N–H and O–H groups in total. The third-order valence-electron chi connectivity index (χ3n) is 1.85. The van der Waals surface area contributed by atoms with Crippen molar-refractivity contribution in [3.8, 4) is 0 Å². The standard InChI is InChI=1S/C10H12ClNO/c1-7(2)9-5-8(6-12-13)3-4-10(9)11/h3-7,13H,1-2H3. The Kier molecular flexibility index (Phi) is 3.32. The van der Waals surface area contributed by atoms with Gasteiger partial charge in [-0.3, -0.25) is 0 Å². The summed E-state index contributed by atoms with van der Waals surface area (Å²) < 4.78 is 0. The van der Waals surface area contributed by atoms with Crippen LogP contribution in [0.5, 0.6) is 0 Å². The van der Waals surface area contributed by atoms with Crippen molar-refractivity contribution in [2.75, 3.05) is 0 Å². The monoisotopic (exact) mass is 197 g/mol. The summed E-state index contributed by atoms with van der Waals surface area (Å²) >= 11 is 5.98. The first-order valence-electron chi connectivity index (χ1n) is 4.12. The largest absolute Gasteiger partial charge is 0.411 e. The van der Waals surface area contributed by atoms with E-state index in [0.717, 1.165) is 16.1 Å². The van der Waals surface area contributed by atoms with E-state index < -0.39 is 0 Å². The molecule has 0 amide bonds. The van der Waals surface area contributed by atoms with Gasteiger partial charge in [0.25, 0.3) is 0 Å². The fourth-order valence-electron chi connectivity index (χ4n) is 1.15. The third kappa shape index (κ3) is 2.46. The van der Waals surface area contributed by atoms with Gasteiger partial charge in [0.1, 0.15) is 0 Å². The van der Waals surface area contributed by atoms with E-state index in [9.17, 15) is 0 Å². The highest BCUT2D eigenvalue weighted by molar-refractivity contribution is 6.31. The van der Waals surface area contributed by atoms with Gasteiger partial charge in [0.2, 0.25) is 0 Å². The Balaban J connectivity index is 3.11. The minimum atomic E-state index is 0.375. The lowest BCUT2D eigenvalue weighted by atomic mass is 10.0. The van der Waals surface area contributed by atoms with Crippen LogP contribution >= 0.6 is 11.6 Å². The van der Waals surface area contributed by atoms with Crippen LogP contribution in [0.2, 0.25) is 5.02 Å². The second kappa shape index (κ2) is 4.28. The molecular weight excluding hydrogens is 186 g/mol. The molecule has 0 radical (unpaired) electrons. The van der Waals surface area contributed by atoms with Crippen molar-refractivity contribution in [3.05, 3.63) is 34.3 Å². The smallest absolute Gasteiger partial charge is 0.0733 e. The number of hydrogen-bond donors (Lipinski definition) is 1. The summed E-state index contributed by atoms with van der Waals surface area (Å²) in [6.45, 7) is 4.14. The number of nitrogens with zero attached hydrogens (tertiary/aromatic N) is 1. The Morgan fingerprint density at radius 3 is 2.69 bits per heavy atom. The molecule has 1 rings (SSSR count). The number of benzene rings is 1. The maximum Gasteiger partial charge on any atom is 0.0733 e. The molecule has 0 saturated carbocycles. The molecule has 0 aliphatic heterocycles. The minimum absolute atomic E-state index is 0.375. The molecule has 0 unspecified atom stereocenters. The lowest BCUT2D eigenvalue weighted by Crippen LogP contribution is -1.91. The molecule has 1 aromatic rings. The average Bonchev–Trinajstić information content (AvgIpc) is 2.08. The van der Waals surface area contributed by atoms with Gasteiger partial charge < -0.3 is 5.21 Å². The van der Waals surface area contributed by atoms with E-state index in [1.54, 1.807) is 0 Å². The summed E-state index contributed by atoms with van der Waals surface area (Å²) in [4.78, 5) is 0. The molecular formula is C10H12ClNO. The summed E-state index contributed by atoms with van der Waals surface area (Å²) in [5, 5.41) is 12.1. The van der Waals surface area contributed by atoms with Gasteiger partial charge in [-0.15, -0.1) is 0 Å². The van der Waals surface area contributed by atoms with Crippen LogP contribution in [0, 0.1) is 0 Å². The van der Waals surface area contributed by atoms with E-state index in [2.05, 4.69) is 19.0 Å². The number of rotatable bonds is 2. The minimum Gasteiger partial charge on any atom is -0.411 e. The molecule has 0 aromatic heterocycles. The van der Waals surface area contributed by atoms with E-state index in [0.29, 0.717) is 5.92 Å². The van der Waals surface area contributed by atoms with Gasteiger partial charge in [-0.1, -0.05) is 36.7 Å². The van der Waals surface area contributed by atoms with Crippen LogP contribution in [0.4, 0.5) is 0 Å². The van der Waals surface area contributed by atoms with Crippen molar-refractivity contribution in [2.24, 2.45) is 5.16 Å². The normalized spacial score (nSPS) is 11.4. The van der Waals surface area contributed by atoms with Gasteiger partial charge in [0.05, 0.1) is 6.21 Å². The molecule has 0 bridgehead atoms. The highest BCUT2D eigenvalue weighted by atomic mass is 35.5. The molecule has 13 heavy (non-hydrogen) atoms. The molecule has 0 aliphatic carbocycles. The molecule has 3 heteroatoms. The van der Waals surface area contributed by atoms with Crippen molar-refractivity contribution in [1.29, 1.82) is 0 Å². The Labute approximate surface area is 82.8 Å². The van der Waals surface area contributed by atoms with Gasteiger partial charge in [0, 0.05) is 5.02 Å². The first kappa shape index (κ1) is 10.1. The third-order valence-corrected chi connectivity index (χ3v) is 2.19. The van der Waals surface area contributed by atoms with E-state index >= 15 is 0 Å². The van der Waals surface area contributed by atoms with Crippen molar-refractivity contribution in [2.45, 2.75) is 19.8 Å². The molecule has 2 nitrogen and oxygen atoms in total. The highest BCUT2D eigenvalue weighted by Gasteiger charge is 2.04. The lowest BCUT2D eigenvalue weighted by Gasteiger charge is -2.08. The maximum absolute atomic E-state index is 8.35. The molecule has 0 spiro atoms. The summed E-state index contributed by atoms with van der Waals surface area (Å²) in [6.07, 6.45) is 1.39. The predicted molar refractivity (Wildman–Crippen MR) is 54.9 cm³/mol. The Morgan fingerprint density at radius 1 is 1.46 bits per heavy atom. The Morgan fingerprint density at radius 2 is 2.15 bits per heavy atom. The molecule has 1 aromatic carbocycles. The van der Waals surface area contributed by atoms with Crippen LogP contribution in [0.1, 0.15) is 30.9 Å². The average molecular weight is 198 g/mol. The molecule has 0 heterocycles. The summed E-state index contributed by atoms with van der Waals surface area (Å²) in [7, 11) is 0. The number of hydrogen-bond acceptors (Lipinski definition) is 2. The van der Waals surface area contributed by atoms with Crippen LogP contribution < -0.4 is 0 Å². The Bertz CT molecular complexity index is 321. The molecule has 0 aliphatic rings. The number of halogens is 1. The first-order valence-corrected chi connectivity index (χ1v) is 4.50. The number of oxime groups is 1. The molecule has 0 fully saturated rings. The van der Waals surface area contributed by atoms with Crippen LogP contribution in [0.3, 0.4) is 0 Å².